The maximum Gasteiger partial charge on any atom is 0.407 e. The van der Waals surface area contributed by atoms with Crippen LogP contribution in [-0.4, -0.2) is 35.2 Å². The highest BCUT2D eigenvalue weighted by Gasteiger charge is 2.31. The molecule has 1 heterocycles. The summed E-state index contributed by atoms with van der Waals surface area (Å²) in [5.74, 6) is 0. The van der Waals surface area contributed by atoms with Gasteiger partial charge in [-0.3, -0.25) is 4.79 Å². The number of rotatable bonds is 4. The summed E-state index contributed by atoms with van der Waals surface area (Å²) in [7, 11) is 0. The van der Waals surface area contributed by atoms with Crippen molar-refractivity contribution in [1.82, 2.24) is 5.32 Å². The molecule has 1 rings (SSSR count). The molecule has 0 saturated carbocycles. The Bertz CT molecular complexity index is 321. The van der Waals surface area contributed by atoms with Gasteiger partial charge in [0.2, 0.25) is 3.79 Å². The standard InChI is InChI=1S/C13H22INO4/c1-13(2,3)10(11(14)16)15-12(17)19-8-9-6-4-5-7-18-9/h9-10H,4-8H2,1-3H3,(H,15,17). The molecule has 110 valence electrons. The molecule has 0 aromatic heterocycles. The molecule has 1 aliphatic heterocycles. The van der Waals surface area contributed by atoms with E-state index in [9.17, 15) is 9.59 Å². The van der Waals surface area contributed by atoms with Crippen molar-refractivity contribution in [1.29, 1.82) is 0 Å². The average Bonchev–Trinajstić information content (AvgIpc) is 2.33. The van der Waals surface area contributed by atoms with Crippen molar-refractivity contribution in [2.45, 2.75) is 52.2 Å². The fourth-order valence-electron chi connectivity index (χ4n) is 1.88. The van der Waals surface area contributed by atoms with E-state index >= 15 is 0 Å². The van der Waals surface area contributed by atoms with Crippen LogP contribution in [0.1, 0.15) is 40.0 Å². The van der Waals surface area contributed by atoms with Crippen LogP contribution in [0.2, 0.25) is 0 Å². The van der Waals surface area contributed by atoms with Gasteiger partial charge in [-0.15, -0.1) is 0 Å². The van der Waals surface area contributed by atoms with Crippen LogP contribution in [0, 0.1) is 5.41 Å². The van der Waals surface area contributed by atoms with Crippen molar-refractivity contribution in [3.05, 3.63) is 0 Å². The molecule has 0 aromatic rings. The summed E-state index contributed by atoms with van der Waals surface area (Å²) in [6, 6.07) is -0.548. The SMILES string of the molecule is CC(C)(C)C(NC(=O)OCC1CCCCO1)C(=O)I. The van der Waals surface area contributed by atoms with Crippen LogP contribution in [0.15, 0.2) is 0 Å². The first-order chi connectivity index (χ1) is 8.80. The van der Waals surface area contributed by atoms with Crippen LogP contribution in [0.5, 0.6) is 0 Å². The average molecular weight is 383 g/mol. The zero-order valence-electron chi connectivity index (χ0n) is 11.7. The van der Waals surface area contributed by atoms with Crippen LogP contribution in [-0.2, 0) is 14.3 Å². The van der Waals surface area contributed by atoms with Gasteiger partial charge < -0.3 is 14.8 Å². The number of carbonyl (C=O) groups is 2. The second-order valence-corrected chi connectivity index (χ2v) is 6.90. The summed E-state index contributed by atoms with van der Waals surface area (Å²) in [6.45, 7) is 6.68. The molecule has 2 atom stereocenters. The molecule has 1 N–H and O–H groups in total. The molecule has 0 radical (unpaired) electrons. The number of ether oxygens (including phenoxy) is 2. The van der Waals surface area contributed by atoms with Crippen molar-refractivity contribution in [2.75, 3.05) is 13.2 Å². The van der Waals surface area contributed by atoms with Gasteiger partial charge in [0.25, 0.3) is 0 Å². The largest absolute Gasteiger partial charge is 0.447 e. The highest BCUT2D eigenvalue weighted by Crippen LogP contribution is 2.22. The number of nitrogens with one attached hydrogen (secondary N) is 1. The molecule has 19 heavy (non-hydrogen) atoms. The molecule has 2 unspecified atom stereocenters. The normalized spacial score (nSPS) is 21.6. The molecule has 1 saturated heterocycles. The second kappa shape index (κ2) is 7.42. The van der Waals surface area contributed by atoms with E-state index in [4.69, 9.17) is 9.47 Å². The van der Waals surface area contributed by atoms with Crippen LogP contribution in [0.4, 0.5) is 4.79 Å². The first-order valence-electron chi connectivity index (χ1n) is 6.55. The minimum atomic E-state index is -0.556. The summed E-state index contributed by atoms with van der Waals surface area (Å²) in [5.41, 5.74) is -0.335. The summed E-state index contributed by atoms with van der Waals surface area (Å²) in [5, 5.41) is 2.62. The monoisotopic (exact) mass is 383 g/mol. The van der Waals surface area contributed by atoms with Crippen molar-refractivity contribution in [3.63, 3.8) is 0 Å². The Balaban J connectivity index is 2.38. The van der Waals surface area contributed by atoms with E-state index in [0.29, 0.717) is 0 Å². The van der Waals surface area contributed by atoms with Gasteiger partial charge in [-0.25, -0.2) is 4.79 Å². The molecule has 5 nitrogen and oxygen atoms in total. The number of halogens is 1. The highest BCUT2D eigenvalue weighted by atomic mass is 127. The van der Waals surface area contributed by atoms with Crippen LogP contribution < -0.4 is 5.32 Å². The van der Waals surface area contributed by atoms with Gasteiger partial charge in [0.15, 0.2) is 0 Å². The number of hydrogen-bond acceptors (Lipinski definition) is 4. The topological polar surface area (TPSA) is 64.6 Å². The second-order valence-electron chi connectivity index (χ2n) is 5.83. The maximum atomic E-state index is 11.7. The molecule has 1 aliphatic rings. The predicted octanol–water partition coefficient (Wildman–Crippen LogP) is 2.66. The van der Waals surface area contributed by atoms with Crippen molar-refractivity contribution in [2.24, 2.45) is 5.41 Å². The number of carbonyl (C=O) groups excluding carboxylic acids is 2. The smallest absolute Gasteiger partial charge is 0.407 e. The van der Waals surface area contributed by atoms with Gasteiger partial charge in [0.05, 0.1) is 6.10 Å². The number of amides is 1. The van der Waals surface area contributed by atoms with E-state index in [1.54, 1.807) is 22.6 Å². The van der Waals surface area contributed by atoms with E-state index in [0.717, 1.165) is 25.9 Å². The van der Waals surface area contributed by atoms with E-state index < -0.39 is 12.1 Å². The Morgan fingerprint density at radius 3 is 2.58 bits per heavy atom. The van der Waals surface area contributed by atoms with Crippen molar-refractivity contribution in [3.8, 4) is 0 Å². The van der Waals surface area contributed by atoms with Crippen molar-refractivity contribution >= 4 is 32.5 Å². The highest BCUT2D eigenvalue weighted by molar-refractivity contribution is 14.1. The zero-order valence-corrected chi connectivity index (χ0v) is 13.9. The minimum Gasteiger partial charge on any atom is -0.447 e. The quantitative estimate of drug-likeness (QED) is 0.599. The lowest BCUT2D eigenvalue weighted by Gasteiger charge is -2.28. The van der Waals surface area contributed by atoms with Gasteiger partial charge in [0.1, 0.15) is 12.6 Å². The minimum absolute atomic E-state index is 0.0112. The van der Waals surface area contributed by atoms with E-state index in [2.05, 4.69) is 5.32 Å². The Labute approximate surface area is 127 Å². The summed E-state index contributed by atoms with van der Waals surface area (Å²) in [6.07, 6.45) is 2.52. The van der Waals surface area contributed by atoms with E-state index in [1.807, 2.05) is 20.8 Å². The van der Waals surface area contributed by atoms with Gasteiger partial charge in [-0.1, -0.05) is 20.8 Å². The van der Waals surface area contributed by atoms with Crippen LogP contribution >= 0.6 is 22.6 Å². The Hall–Kier alpha value is -0.370. The maximum absolute atomic E-state index is 11.7. The molecule has 0 spiro atoms. The third-order valence-electron chi connectivity index (χ3n) is 3.03. The predicted molar refractivity (Wildman–Crippen MR) is 80.3 cm³/mol. The Morgan fingerprint density at radius 2 is 2.11 bits per heavy atom. The molecular formula is C13H22INO4. The molecule has 1 amide bonds. The van der Waals surface area contributed by atoms with Gasteiger partial charge in [0, 0.05) is 29.2 Å². The third kappa shape index (κ3) is 6.07. The fraction of sp³-hybridized carbons (Fsp3) is 0.846. The lowest BCUT2D eigenvalue weighted by molar-refractivity contribution is -0.113. The summed E-state index contributed by atoms with van der Waals surface area (Å²) in [4.78, 5) is 23.2. The first-order valence-corrected chi connectivity index (χ1v) is 7.63. The summed E-state index contributed by atoms with van der Waals surface area (Å²) < 4.78 is 10.5. The van der Waals surface area contributed by atoms with E-state index in [-0.39, 0.29) is 21.9 Å². The molecule has 0 aromatic carbocycles. The van der Waals surface area contributed by atoms with Crippen molar-refractivity contribution < 1.29 is 19.1 Å². The first kappa shape index (κ1) is 16.7. The van der Waals surface area contributed by atoms with Gasteiger partial charge in [-0.2, -0.15) is 0 Å². The molecule has 6 heteroatoms. The lowest BCUT2D eigenvalue weighted by Crippen LogP contribution is -2.48. The number of hydrogen-bond donors (Lipinski definition) is 1. The van der Waals surface area contributed by atoms with Crippen LogP contribution in [0.3, 0.4) is 0 Å². The van der Waals surface area contributed by atoms with Crippen LogP contribution in [0.25, 0.3) is 0 Å². The third-order valence-corrected chi connectivity index (χ3v) is 3.65. The Morgan fingerprint density at radius 1 is 1.42 bits per heavy atom. The van der Waals surface area contributed by atoms with Gasteiger partial charge >= 0.3 is 6.09 Å². The molecule has 1 fully saturated rings. The number of alkyl carbamates (subject to hydrolysis) is 1. The summed E-state index contributed by atoms with van der Waals surface area (Å²) >= 11 is 1.70. The molecular weight excluding hydrogens is 361 g/mol. The molecule has 0 bridgehead atoms. The van der Waals surface area contributed by atoms with E-state index in [1.165, 1.54) is 0 Å². The van der Waals surface area contributed by atoms with Gasteiger partial charge in [-0.05, 0) is 24.7 Å². The molecule has 0 aliphatic carbocycles. The fourth-order valence-corrected chi connectivity index (χ4v) is 2.97. The lowest BCUT2D eigenvalue weighted by atomic mass is 9.88. The zero-order chi connectivity index (χ0) is 14.5. The Kier molecular flexibility index (Phi) is 6.52.